The van der Waals surface area contributed by atoms with Crippen molar-refractivity contribution in [2.45, 2.75) is 6.92 Å². The summed E-state index contributed by atoms with van der Waals surface area (Å²) in [5.74, 6) is 0.817. The van der Waals surface area contributed by atoms with Gasteiger partial charge in [-0.05, 0) is 55.5 Å². The van der Waals surface area contributed by atoms with Crippen molar-refractivity contribution in [2.24, 2.45) is 0 Å². The maximum atomic E-state index is 12.5. The lowest BCUT2D eigenvalue weighted by molar-refractivity contribution is 0.0997. The molecule has 3 heterocycles. The first-order valence-electron chi connectivity index (χ1n) is 10.0. The maximum absolute atomic E-state index is 12.5. The summed E-state index contributed by atoms with van der Waals surface area (Å²) in [5, 5.41) is 15.6. The number of rotatable bonds is 5. The second-order valence-corrected chi connectivity index (χ2v) is 7.18. The Kier molecular flexibility index (Phi) is 5.12. The van der Waals surface area contributed by atoms with Gasteiger partial charge in [-0.15, -0.1) is 10.2 Å². The number of amides is 1. The molecule has 2 aromatic carbocycles. The molecule has 9 nitrogen and oxygen atoms in total. The predicted molar refractivity (Wildman–Crippen MR) is 121 cm³/mol. The Morgan fingerprint density at radius 2 is 1.82 bits per heavy atom. The summed E-state index contributed by atoms with van der Waals surface area (Å²) in [6, 6.07) is 20.0. The summed E-state index contributed by atoms with van der Waals surface area (Å²) < 4.78 is 12.9. The van der Waals surface area contributed by atoms with E-state index >= 15 is 0 Å². The lowest BCUT2D eigenvalue weighted by Gasteiger charge is -2.08. The second-order valence-electron chi connectivity index (χ2n) is 7.18. The number of ether oxygens (including phenoxy) is 1. The molecule has 0 unspecified atom stereocenters. The van der Waals surface area contributed by atoms with Crippen LogP contribution in [-0.4, -0.2) is 25.9 Å². The zero-order valence-electron chi connectivity index (χ0n) is 17.4. The van der Waals surface area contributed by atoms with Crippen LogP contribution in [0.3, 0.4) is 0 Å². The molecule has 5 rings (SSSR count). The van der Waals surface area contributed by atoms with Crippen molar-refractivity contribution in [3.63, 3.8) is 0 Å². The van der Waals surface area contributed by atoms with Crippen molar-refractivity contribution in [3.05, 3.63) is 101 Å². The molecule has 0 saturated heterocycles. The number of aromatic nitrogens is 4. The minimum Gasteiger partial charge on any atom is -0.451 e. The second kappa shape index (κ2) is 8.39. The highest BCUT2D eigenvalue weighted by Crippen LogP contribution is 2.22. The van der Waals surface area contributed by atoms with Crippen molar-refractivity contribution in [1.29, 1.82) is 0 Å². The normalized spacial score (nSPS) is 10.8. The summed E-state index contributed by atoms with van der Waals surface area (Å²) in [4.78, 5) is 24.7. The molecule has 0 fully saturated rings. The van der Waals surface area contributed by atoms with Crippen LogP contribution in [0.2, 0.25) is 0 Å². The van der Waals surface area contributed by atoms with Gasteiger partial charge in [-0.25, -0.2) is 4.68 Å². The highest BCUT2D eigenvalue weighted by molar-refractivity contribution is 6.03. The van der Waals surface area contributed by atoms with Gasteiger partial charge in [0.05, 0.1) is 11.1 Å². The third kappa shape index (κ3) is 4.33. The summed E-state index contributed by atoms with van der Waals surface area (Å²) in [5.41, 5.74) is 1.47. The van der Waals surface area contributed by atoms with E-state index in [2.05, 4.69) is 20.6 Å². The summed E-state index contributed by atoms with van der Waals surface area (Å²) >= 11 is 0. The van der Waals surface area contributed by atoms with E-state index in [9.17, 15) is 9.59 Å². The van der Waals surface area contributed by atoms with E-state index in [1.165, 1.54) is 6.07 Å². The molecule has 3 aromatic heterocycles. The van der Waals surface area contributed by atoms with Crippen LogP contribution < -0.4 is 15.5 Å². The molecule has 0 radical (unpaired) electrons. The molecule has 9 heteroatoms. The van der Waals surface area contributed by atoms with Gasteiger partial charge in [-0.1, -0.05) is 12.1 Å². The molecule has 1 N–H and O–H groups in total. The zero-order valence-corrected chi connectivity index (χ0v) is 17.4. The molecular formula is C24H17N5O4. The number of anilines is 1. The van der Waals surface area contributed by atoms with E-state index in [0.29, 0.717) is 34.1 Å². The van der Waals surface area contributed by atoms with Crippen LogP contribution in [0, 0.1) is 6.92 Å². The fraction of sp³-hybridized carbons (Fsp3) is 0.0417. The van der Waals surface area contributed by atoms with Crippen LogP contribution in [0.4, 0.5) is 5.69 Å². The standard InChI is InChI=1S/C24H17N5O4/c1-15-12-13-29(28-15)22-10-11-23(27-26-22)32-17-8-6-16(7-9-17)25-24(31)21-14-19(30)18-4-2-3-5-20(18)33-21/h2-14H,1H3,(H,25,31). The average molecular weight is 439 g/mol. The summed E-state index contributed by atoms with van der Waals surface area (Å²) in [6.07, 6.45) is 1.80. The van der Waals surface area contributed by atoms with E-state index in [0.717, 1.165) is 5.69 Å². The number of hydrogen-bond acceptors (Lipinski definition) is 7. The topological polar surface area (TPSA) is 112 Å². The Hall–Kier alpha value is -4.79. The SMILES string of the molecule is Cc1ccn(-c2ccc(Oc3ccc(NC(=O)c4cc(=O)c5ccccc5o4)cc3)nn2)n1. The van der Waals surface area contributed by atoms with Gasteiger partial charge >= 0.3 is 0 Å². The van der Waals surface area contributed by atoms with Crippen molar-refractivity contribution in [3.8, 4) is 17.4 Å². The van der Waals surface area contributed by atoms with E-state index < -0.39 is 5.91 Å². The van der Waals surface area contributed by atoms with Gasteiger partial charge in [0.15, 0.2) is 17.0 Å². The fourth-order valence-electron chi connectivity index (χ4n) is 3.17. The molecule has 1 amide bonds. The van der Waals surface area contributed by atoms with Crippen molar-refractivity contribution >= 4 is 22.6 Å². The monoisotopic (exact) mass is 439 g/mol. The van der Waals surface area contributed by atoms with Gasteiger partial charge in [0.2, 0.25) is 5.88 Å². The summed E-state index contributed by atoms with van der Waals surface area (Å²) in [7, 11) is 0. The number of carbonyl (C=O) groups excluding carboxylic acids is 1. The highest BCUT2D eigenvalue weighted by atomic mass is 16.5. The number of para-hydroxylation sites is 1. The number of benzene rings is 2. The molecule has 162 valence electrons. The van der Waals surface area contributed by atoms with E-state index in [4.69, 9.17) is 9.15 Å². The largest absolute Gasteiger partial charge is 0.451 e. The molecule has 33 heavy (non-hydrogen) atoms. The lowest BCUT2D eigenvalue weighted by atomic mass is 10.2. The van der Waals surface area contributed by atoms with Crippen LogP contribution in [0.1, 0.15) is 16.2 Å². The summed E-state index contributed by atoms with van der Waals surface area (Å²) in [6.45, 7) is 1.89. The maximum Gasteiger partial charge on any atom is 0.291 e. The molecule has 0 spiro atoms. The van der Waals surface area contributed by atoms with Crippen LogP contribution in [0.5, 0.6) is 11.6 Å². The molecule has 0 aliphatic heterocycles. The highest BCUT2D eigenvalue weighted by Gasteiger charge is 2.13. The molecule has 0 saturated carbocycles. The Morgan fingerprint density at radius 1 is 1.00 bits per heavy atom. The first kappa shape index (κ1) is 20.1. The van der Waals surface area contributed by atoms with Crippen LogP contribution >= 0.6 is 0 Å². The molecular weight excluding hydrogens is 422 g/mol. The van der Waals surface area contributed by atoms with Crippen LogP contribution in [0.15, 0.2) is 88.2 Å². The van der Waals surface area contributed by atoms with Crippen molar-refractivity contribution in [1.82, 2.24) is 20.0 Å². The predicted octanol–water partition coefficient (Wildman–Crippen LogP) is 4.12. The quantitative estimate of drug-likeness (QED) is 0.438. The molecule has 5 aromatic rings. The lowest BCUT2D eigenvalue weighted by Crippen LogP contribution is -2.14. The first-order valence-corrected chi connectivity index (χ1v) is 10.0. The molecule has 0 atom stereocenters. The van der Waals surface area contributed by atoms with E-state index in [1.807, 2.05) is 13.0 Å². The van der Waals surface area contributed by atoms with Gasteiger partial charge in [0, 0.05) is 24.0 Å². The zero-order chi connectivity index (χ0) is 22.8. The Balaban J connectivity index is 1.26. The number of nitrogens with zero attached hydrogens (tertiary/aromatic N) is 4. The third-order valence-corrected chi connectivity index (χ3v) is 4.78. The van der Waals surface area contributed by atoms with Gasteiger partial charge < -0.3 is 14.5 Å². The van der Waals surface area contributed by atoms with Gasteiger partial charge in [-0.3, -0.25) is 9.59 Å². The number of aryl methyl sites for hydroxylation is 1. The Bertz CT molecular complexity index is 1500. The Morgan fingerprint density at radius 3 is 2.55 bits per heavy atom. The molecule has 0 aliphatic carbocycles. The first-order chi connectivity index (χ1) is 16.0. The van der Waals surface area contributed by atoms with E-state index in [-0.39, 0.29) is 11.2 Å². The third-order valence-electron chi connectivity index (χ3n) is 4.78. The fourth-order valence-corrected chi connectivity index (χ4v) is 3.17. The van der Waals surface area contributed by atoms with Gasteiger partial charge in [0.1, 0.15) is 11.3 Å². The van der Waals surface area contributed by atoms with E-state index in [1.54, 1.807) is 71.5 Å². The minimum atomic E-state index is -0.526. The Labute approximate surface area is 187 Å². The number of hydrogen-bond donors (Lipinski definition) is 1. The number of fused-ring (bicyclic) bond motifs is 1. The minimum absolute atomic E-state index is 0.0678. The van der Waals surface area contributed by atoms with Crippen molar-refractivity contribution < 1.29 is 13.9 Å². The van der Waals surface area contributed by atoms with Crippen LogP contribution in [0.25, 0.3) is 16.8 Å². The van der Waals surface area contributed by atoms with Gasteiger partial charge in [-0.2, -0.15) is 5.10 Å². The molecule has 0 bridgehead atoms. The van der Waals surface area contributed by atoms with Gasteiger partial charge in [0.25, 0.3) is 5.91 Å². The van der Waals surface area contributed by atoms with Crippen LogP contribution in [-0.2, 0) is 0 Å². The number of carbonyl (C=O) groups is 1. The van der Waals surface area contributed by atoms with Crippen molar-refractivity contribution in [2.75, 3.05) is 5.32 Å². The molecule has 0 aliphatic rings. The number of nitrogens with one attached hydrogen (secondary N) is 1. The average Bonchev–Trinajstić information content (AvgIpc) is 3.27. The smallest absolute Gasteiger partial charge is 0.291 e.